The van der Waals surface area contributed by atoms with Gasteiger partial charge < -0.3 is 25.7 Å². The summed E-state index contributed by atoms with van der Waals surface area (Å²) < 4.78 is 0. The van der Waals surface area contributed by atoms with Crippen LogP contribution in [0.25, 0.3) is 0 Å². The molecule has 0 radical (unpaired) electrons. The lowest BCUT2D eigenvalue weighted by Crippen LogP contribution is -2.61. The zero-order valence-corrected chi connectivity index (χ0v) is 37.6. The predicted molar refractivity (Wildman–Crippen MR) is 232 cm³/mol. The Morgan fingerprint density at radius 3 is 1.28 bits per heavy atom. The van der Waals surface area contributed by atoms with Gasteiger partial charge in [0.2, 0.25) is 17.8 Å². The van der Waals surface area contributed by atoms with Gasteiger partial charge in [0.25, 0.3) is 0 Å². The number of hydrogen-bond donors (Lipinski definition) is 4. The van der Waals surface area contributed by atoms with Gasteiger partial charge in [0.15, 0.2) is 0 Å². The molecule has 2 saturated carbocycles. The third kappa shape index (κ3) is 13.6. The molecule has 4 N–H and O–H groups in total. The zero-order valence-electron chi connectivity index (χ0n) is 37.6. The van der Waals surface area contributed by atoms with Crippen molar-refractivity contribution in [3.8, 4) is 0 Å². The maximum absolute atomic E-state index is 9.74. The lowest BCUT2D eigenvalue weighted by Gasteiger charge is -2.55. The van der Waals surface area contributed by atoms with E-state index in [1.807, 2.05) is 4.90 Å². The van der Waals surface area contributed by atoms with Crippen LogP contribution in [0.3, 0.4) is 0 Å². The smallest absolute Gasteiger partial charge is 0.232 e. The molecule has 0 spiro atoms. The molecule has 0 amide bonds. The Morgan fingerprint density at radius 2 is 0.930 bits per heavy atom. The van der Waals surface area contributed by atoms with Crippen LogP contribution in [0.4, 0.5) is 17.8 Å². The first-order valence-electron chi connectivity index (χ1n) is 23.3. The van der Waals surface area contributed by atoms with Crippen LogP contribution in [0.1, 0.15) is 184 Å². The lowest BCUT2D eigenvalue weighted by atomic mass is 9.73. The van der Waals surface area contributed by atoms with E-state index in [2.05, 4.69) is 76.1 Å². The minimum atomic E-state index is -0.0459. The fourth-order valence-corrected chi connectivity index (χ4v) is 11.3. The van der Waals surface area contributed by atoms with E-state index in [1.54, 1.807) is 0 Å². The molecule has 1 aromatic heterocycles. The average molecular weight is 801 g/mol. The van der Waals surface area contributed by atoms with Gasteiger partial charge in [-0.25, -0.2) is 0 Å². The molecule has 57 heavy (non-hydrogen) atoms. The van der Waals surface area contributed by atoms with Gasteiger partial charge in [-0.15, -0.1) is 0 Å². The first-order valence-corrected chi connectivity index (χ1v) is 23.3. The van der Waals surface area contributed by atoms with E-state index in [0.29, 0.717) is 55.0 Å². The Morgan fingerprint density at radius 1 is 0.561 bits per heavy atom. The summed E-state index contributed by atoms with van der Waals surface area (Å²) in [4.78, 5) is 29.5. The summed E-state index contributed by atoms with van der Waals surface area (Å²) in [7, 11) is 0. The summed E-state index contributed by atoms with van der Waals surface area (Å²) in [6, 6.07) is 0. The van der Waals surface area contributed by atoms with Gasteiger partial charge >= 0.3 is 0 Å². The molecule has 0 bridgehead atoms. The van der Waals surface area contributed by atoms with E-state index in [4.69, 9.17) is 24.6 Å². The van der Waals surface area contributed by atoms with Crippen LogP contribution in [0.5, 0.6) is 0 Å². The molecule has 2 aliphatic carbocycles. The van der Waals surface area contributed by atoms with Crippen molar-refractivity contribution in [2.24, 2.45) is 11.8 Å². The van der Waals surface area contributed by atoms with Crippen molar-refractivity contribution in [1.82, 2.24) is 25.1 Å². The number of rotatable bonds is 21. The van der Waals surface area contributed by atoms with E-state index in [-0.39, 0.29) is 35.4 Å². The Hall–Kier alpha value is -1.83. The Labute approximate surface area is 346 Å². The standard InChI is InChI=1S/C45H84N8O4/c1-42(2)31-35(32-43(3,4)52(42)56-37-21-11-9-12-22-37)19-15-17-25-46-39-48-40(50-41(49-39)51(27-29-54)28-30-55)47-26-18-16-20-36-33-44(5,6)53(45(7,8)34-36)57-38-23-13-10-14-24-38/h35-38,54-55H,9-34H2,1-8H3,(H2,46,47,48,49,50). The van der Waals surface area contributed by atoms with Crippen molar-refractivity contribution in [3.05, 3.63) is 0 Å². The molecule has 4 fully saturated rings. The number of aromatic nitrogens is 3. The zero-order chi connectivity index (χ0) is 41.1. The third-order valence-corrected chi connectivity index (χ3v) is 13.3. The van der Waals surface area contributed by atoms with Gasteiger partial charge in [0.1, 0.15) is 0 Å². The minimum Gasteiger partial charge on any atom is -0.395 e. The first kappa shape index (κ1) is 46.2. The number of hydrogen-bond acceptors (Lipinski definition) is 12. The second-order valence-electron chi connectivity index (χ2n) is 20.7. The van der Waals surface area contributed by atoms with Gasteiger partial charge in [0, 0.05) is 48.3 Å². The Kier molecular flexibility index (Phi) is 17.1. The number of unbranched alkanes of at least 4 members (excludes halogenated alkanes) is 2. The summed E-state index contributed by atoms with van der Waals surface area (Å²) in [5.41, 5.74) is 0.0425. The highest BCUT2D eigenvalue weighted by Crippen LogP contribution is 2.46. The normalized spacial score (nSPS) is 23.8. The van der Waals surface area contributed by atoms with Gasteiger partial charge in [-0.3, -0.25) is 9.68 Å². The minimum absolute atomic E-state index is 0.0106. The molecule has 1 aromatic rings. The van der Waals surface area contributed by atoms with Crippen molar-refractivity contribution < 1.29 is 19.9 Å². The highest BCUT2D eigenvalue weighted by atomic mass is 16.7. The molecule has 12 nitrogen and oxygen atoms in total. The third-order valence-electron chi connectivity index (χ3n) is 13.3. The first-order chi connectivity index (χ1) is 27.1. The summed E-state index contributed by atoms with van der Waals surface area (Å²) in [6.45, 7) is 21.1. The van der Waals surface area contributed by atoms with Crippen LogP contribution in [0, 0.1) is 11.8 Å². The topological polar surface area (TPSA) is 131 Å². The Balaban J connectivity index is 1.08. The van der Waals surface area contributed by atoms with E-state index in [0.717, 1.165) is 64.5 Å². The van der Waals surface area contributed by atoms with Crippen molar-refractivity contribution in [1.29, 1.82) is 0 Å². The van der Waals surface area contributed by atoms with Crippen molar-refractivity contribution >= 4 is 17.8 Å². The number of aliphatic hydroxyl groups is 2. The van der Waals surface area contributed by atoms with Crippen LogP contribution >= 0.6 is 0 Å². The highest BCUT2D eigenvalue weighted by molar-refractivity contribution is 5.44. The van der Waals surface area contributed by atoms with Crippen LogP contribution in [-0.4, -0.2) is 109 Å². The molecule has 3 heterocycles. The molecule has 0 unspecified atom stereocenters. The second-order valence-corrected chi connectivity index (χ2v) is 20.7. The molecule has 0 aromatic carbocycles. The second kappa shape index (κ2) is 21.1. The molecule has 12 heteroatoms. The van der Waals surface area contributed by atoms with Crippen LogP contribution in [0.15, 0.2) is 0 Å². The average Bonchev–Trinajstić information content (AvgIpc) is 3.14. The summed E-state index contributed by atoms with van der Waals surface area (Å²) in [6.07, 6.45) is 24.7. The number of nitrogens with zero attached hydrogens (tertiary/aromatic N) is 6. The van der Waals surface area contributed by atoms with E-state index >= 15 is 0 Å². The molecule has 5 rings (SSSR count). The number of piperidine rings is 2. The van der Waals surface area contributed by atoms with Crippen molar-refractivity contribution in [3.63, 3.8) is 0 Å². The number of nitrogens with one attached hydrogen (secondary N) is 2. The summed E-state index contributed by atoms with van der Waals surface area (Å²) in [5.74, 6) is 2.86. The quantitative estimate of drug-likeness (QED) is 0.0886. The lowest BCUT2D eigenvalue weighted by molar-refractivity contribution is -0.314. The molecule has 2 saturated heterocycles. The highest BCUT2D eigenvalue weighted by Gasteiger charge is 2.48. The molecular formula is C45H84N8O4. The van der Waals surface area contributed by atoms with Crippen molar-refractivity contribution in [2.75, 3.05) is 54.9 Å². The number of hydroxylamine groups is 4. The molecule has 0 atom stereocenters. The van der Waals surface area contributed by atoms with Gasteiger partial charge in [-0.1, -0.05) is 64.2 Å². The van der Waals surface area contributed by atoms with Gasteiger partial charge in [-0.2, -0.15) is 25.1 Å². The maximum atomic E-state index is 9.74. The Bertz CT molecular complexity index is 1200. The van der Waals surface area contributed by atoms with Crippen LogP contribution < -0.4 is 15.5 Å². The number of aliphatic hydroxyl groups excluding tert-OH is 2. The van der Waals surface area contributed by atoms with E-state index in [9.17, 15) is 10.2 Å². The van der Waals surface area contributed by atoms with E-state index in [1.165, 1.54) is 77.0 Å². The molecule has 328 valence electrons. The largest absolute Gasteiger partial charge is 0.395 e. The summed E-state index contributed by atoms with van der Waals surface area (Å²) in [5, 5.41) is 31.2. The fourth-order valence-electron chi connectivity index (χ4n) is 11.3. The number of anilines is 3. The molecular weight excluding hydrogens is 717 g/mol. The summed E-state index contributed by atoms with van der Waals surface area (Å²) >= 11 is 0. The molecule has 2 aliphatic heterocycles. The fraction of sp³-hybridized carbons (Fsp3) is 0.933. The maximum Gasteiger partial charge on any atom is 0.232 e. The van der Waals surface area contributed by atoms with Gasteiger partial charge in [0.05, 0.1) is 25.4 Å². The monoisotopic (exact) mass is 801 g/mol. The van der Waals surface area contributed by atoms with Crippen LogP contribution in [0.2, 0.25) is 0 Å². The van der Waals surface area contributed by atoms with Gasteiger partial charge in [-0.05, 0) is 131 Å². The molecule has 4 aliphatic rings. The SMILES string of the molecule is CC1(C)CC(CCCCNc2nc(NCCCCC3CC(C)(C)N(OC4CCCCC4)C(C)(C)C3)nc(N(CCO)CCO)n2)CC(C)(C)N1OC1CCCCC1. The van der Waals surface area contributed by atoms with Crippen LogP contribution in [-0.2, 0) is 9.68 Å². The van der Waals surface area contributed by atoms with Crippen molar-refractivity contribution in [2.45, 2.75) is 218 Å². The predicted octanol–water partition coefficient (Wildman–Crippen LogP) is 8.89. The van der Waals surface area contributed by atoms with E-state index < -0.39 is 0 Å².